The van der Waals surface area contributed by atoms with E-state index in [0.29, 0.717) is 12.5 Å². The fourth-order valence-corrected chi connectivity index (χ4v) is 4.63. The van der Waals surface area contributed by atoms with Crippen molar-refractivity contribution in [3.63, 3.8) is 0 Å². The molecule has 1 aromatic carbocycles. The zero-order valence-electron chi connectivity index (χ0n) is 16.8. The monoisotopic (exact) mass is 375 g/mol. The van der Waals surface area contributed by atoms with E-state index in [2.05, 4.69) is 25.2 Å². The number of esters is 1. The number of benzene rings is 1. The highest BCUT2D eigenvalue weighted by Crippen LogP contribution is 2.41. The molecule has 0 spiro atoms. The van der Waals surface area contributed by atoms with Gasteiger partial charge in [-0.2, -0.15) is 0 Å². The van der Waals surface area contributed by atoms with Crippen molar-refractivity contribution in [2.45, 2.75) is 64.8 Å². The largest absolute Gasteiger partial charge is 0.466 e. The van der Waals surface area contributed by atoms with Gasteiger partial charge in [0.15, 0.2) is 11.5 Å². The number of rotatable bonds is 9. The second kappa shape index (κ2) is 9.45. The van der Waals surface area contributed by atoms with Crippen LogP contribution < -0.4 is 14.8 Å². The summed E-state index contributed by atoms with van der Waals surface area (Å²) in [5, 5.41) is 3.64. The van der Waals surface area contributed by atoms with Crippen LogP contribution >= 0.6 is 0 Å². The normalized spacial score (nSPS) is 23.8. The third-order valence-corrected chi connectivity index (χ3v) is 5.83. The van der Waals surface area contributed by atoms with Crippen molar-refractivity contribution in [2.75, 3.05) is 19.9 Å². The summed E-state index contributed by atoms with van der Waals surface area (Å²) in [5.74, 6) is 2.08. The molecular formula is C22H33NO4. The zero-order chi connectivity index (χ0) is 19.2. The Morgan fingerprint density at radius 2 is 1.93 bits per heavy atom. The first-order valence-corrected chi connectivity index (χ1v) is 10.5. The standard InChI is InChI=1S/C22H33NO4/c1-4-7-15(8-5-2)11-18-21(22(24)25-6-3)17(13-23-18)16-9-10-19-20(12-16)27-14-26-19/h9-10,12,15,17-18,21,23H,4-8,11,13-14H2,1-3H3/t17-,18+,21-/m1/s1. The topological polar surface area (TPSA) is 56.8 Å². The van der Waals surface area contributed by atoms with Crippen LogP contribution in [0.3, 0.4) is 0 Å². The van der Waals surface area contributed by atoms with Gasteiger partial charge in [-0.1, -0.05) is 45.6 Å². The Morgan fingerprint density at radius 1 is 1.19 bits per heavy atom. The van der Waals surface area contributed by atoms with Crippen molar-refractivity contribution in [2.24, 2.45) is 11.8 Å². The summed E-state index contributed by atoms with van der Waals surface area (Å²) in [6.45, 7) is 7.83. The third-order valence-electron chi connectivity index (χ3n) is 5.83. The molecule has 0 saturated carbocycles. The second-order valence-electron chi connectivity index (χ2n) is 7.69. The number of carbonyl (C=O) groups excluding carboxylic acids is 1. The number of hydrogen-bond donors (Lipinski definition) is 1. The maximum Gasteiger partial charge on any atom is 0.311 e. The molecule has 27 heavy (non-hydrogen) atoms. The van der Waals surface area contributed by atoms with Crippen LogP contribution in [-0.4, -0.2) is 32.0 Å². The first kappa shape index (κ1) is 20.0. The van der Waals surface area contributed by atoms with E-state index in [1.807, 2.05) is 19.1 Å². The molecule has 1 saturated heterocycles. The molecule has 5 heteroatoms. The van der Waals surface area contributed by atoms with Gasteiger partial charge in [0.25, 0.3) is 0 Å². The minimum atomic E-state index is -0.151. The summed E-state index contributed by atoms with van der Waals surface area (Å²) in [6, 6.07) is 6.20. The predicted octanol–water partition coefficient (Wildman–Crippen LogP) is 4.26. The average Bonchev–Trinajstić information content (AvgIpc) is 3.28. The highest BCUT2D eigenvalue weighted by atomic mass is 16.7. The molecule has 1 aromatic rings. The number of ether oxygens (including phenoxy) is 3. The first-order chi connectivity index (χ1) is 13.2. The van der Waals surface area contributed by atoms with Crippen molar-refractivity contribution in [3.05, 3.63) is 23.8 Å². The summed E-state index contributed by atoms with van der Waals surface area (Å²) in [5.41, 5.74) is 1.12. The lowest BCUT2D eigenvalue weighted by molar-refractivity contribution is -0.149. The van der Waals surface area contributed by atoms with Gasteiger partial charge in [-0.25, -0.2) is 0 Å². The van der Waals surface area contributed by atoms with Gasteiger partial charge in [-0.3, -0.25) is 4.79 Å². The Labute approximate surface area is 162 Å². The van der Waals surface area contributed by atoms with Crippen LogP contribution in [0, 0.1) is 11.8 Å². The van der Waals surface area contributed by atoms with E-state index in [4.69, 9.17) is 14.2 Å². The van der Waals surface area contributed by atoms with Gasteiger partial charge < -0.3 is 19.5 Å². The molecular weight excluding hydrogens is 342 g/mol. The van der Waals surface area contributed by atoms with Crippen LogP contribution in [0.15, 0.2) is 18.2 Å². The van der Waals surface area contributed by atoms with Crippen LogP contribution in [-0.2, 0) is 9.53 Å². The molecule has 0 bridgehead atoms. The molecule has 3 rings (SSSR count). The van der Waals surface area contributed by atoms with Crippen LogP contribution in [0.2, 0.25) is 0 Å². The van der Waals surface area contributed by atoms with Crippen molar-refractivity contribution >= 4 is 5.97 Å². The van der Waals surface area contributed by atoms with E-state index in [9.17, 15) is 4.79 Å². The second-order valence-corrected chi connectivity index (χ2v) is 7.69. The van der Waals surface area contributed by atoms with Crippen LogP contribution in [0.1, 0.15) is 64.4 Å². The molecule has 2 aliphatic rings. The smallest absolute Gasteiger partial charge is 0.311 e. The molecule has 0 unspecified atom stereocenters. The van der Waals surface area contributed by atoms with Crippen LogP contribution in [0.5, 0.6) is 11.5 Å². The molecule has 3 atom stereocenters. The Kier molecular flexibility index (Phi) is 7.00. The summed E-state index contributed by atoms with van der Waals surface area (Å²) < 4.78 is 16.4. The molecule has 2 aliphatic heterocycles. The lowest BCUT2D eigenvalue weighted by Gasteiger charge is -2.26. The fourth-order valence-electron chi connectivity index (χ4n) is 4.63. The molecule has 0 aliphatic carbocycles. The number of fused-ring (bicyclic) bond motifs is 1. The van der Waals surface area contributed by atoms with E-state index in [-0.39, 0.29) is 30.6 Å². The van der Waals surface area contributed by atoms with E-state index in [1.54, 1.807) is 0 Å². The Hall–Kier alpha value is -1.75. The van der Waals surface area contributed by atoms with Crippen LogP contribution in [0.25, 0.3) is 0 Å². The Morgan fingerprint density at radius 3 is 2.63 bits per heavy atom. The molecule has 1 N–H and O–H groups in total. The van der Waals surface area contributed by atoms with E-state index in [1.165, 1.54) is 25.7 Å². The molecule has 1 fully saturated rings. The van der Waals surface area contributed by atoms with Gasteiger partial charge in [0.1, 0.15) is 0 Å². The molecule has 0 radical (unpaired) electrons. The van der Waals surface area contributed by atoms with Gasteiger partial charge in [0, 0.05) is 18.5 Å². The molecule has 0 aromatic heterocycles. The zero-order valence-corrected chi connectivity index (χ0v) is 16.8. The quantitative estimate of drug-likeness (QED) is 0.654. The summed E-state index contributed by atoms with van der Waals surface area (Å²) in [4.78, 5) is 12.9. The number of carbonyl (C=O) groups is 1. The summed E-state index contributed by atoms with van der Waals surface area (Å²) in [6.07, 6.45) is 5.85. The predicted molar refractivity (Wildman–Crippen MR) is 105 cm³/mol. The molecule has 2 heterocycles. The van der Waals surface area contributed by atoms with E-state index < -0.39 is 0 Å². The fraction of sp³-hybridized carbons (Fsp3) is 0.682. The van der Waals surface area contributed by atoms with Crippen LogP contribution in [0.4, 0.5) is 0 Å². The van der Waals surface area contributed by atoms with Crippen molar-refractivity contribution < 1.29 is 19.0 Å². The molecule has 5 nitrogen and oxygen atoms in total. The van der Waals surface area contributed by atoms with Crippen molar-refractivity contribution in [3.8, 4) is 11.5 Å². The van der Waals surface area contributed by atoms with E-state index >= 15 is 0 Å². The summed E-state index contributed by atoms with van der Waals surface area (Å²) >= 11 is 0. The maximum absolute atomic E-state index is 12.9. The van der Waals surface area contributed by atoms with Gasteiger partial charge >= 0.3 is 5.97 Å². The van der Waals surface area contributed by atoms with E-state index in [0.717, 1.165) is 30.0 Å². The van der Waals surface area contributed by atoms with Gasteiger partial charge in [0.2, 0.25) is 6.79 Å². The average molecular weight is 376 g/mol. The number of nitrogens with one attached hydrogen (secondary N) is 1. The van der Waals surface area contributed by atoms with Crippen molar-refractivity contribution in [1.29, 1.82) is 0 Å². The molecule has 150 valence electrons. The SMILES string of the molecule is CCCC(CCC)C[C@@H]1NC[C@H](c2ccc3c(c2)OCO3)[C@H]1C(=O)OCC. The highest BCUT2D eigenvalue weighted by Gasteiger charge is 2.43. The van der Waals surface area contributed by atoms with Gasteiger partial charge in [0.05, 0.1) is 12.5 Å². The lowest BCUT2D eigenvalue weighted by atomic mass is 9.80. The Balaban J connectivity index is 1.80. The van der Waals surface area contributed by atoms with Gasteiger partial charge in [-0.05, 0) is 37.0 Å². The highest BCUT2D eigenvalue weighted by molar-refractivity contribution is 5.75. The molecule has 0 amide bonds. The Bertz CT molecular complexity index is 627. The first-order valence-electron chi connectivity index (χ1n) is 10.5. The summed E-state index contributed by atoms with van der Waals surface area (Å²) in [7, 11) is 0. The van der Waals surface area contributed by atoms with Gasteiger partial charge in [-0.15, -0.1) is 0 Å². The maximum atomic E-state index is 12.9. The minimum absolute atomic E-state index is 0.0816. The lowest BCUT2D eigenvalue weighted by Crippen LogP contribution is -2.35. The number of hydrogen-bond acceptors (Lipinski definition) is 5. The third kappa shape index (κ3) is 4.57. The minimum Gasteiger partial charge on any atom is -0.466 e. The van der Waals surface area contributed by atoms with Crippen molar-refractivity contribution in [1.82, 2.24) is 5.32 Å².